The van der Waals surface area contributed by atoms with Crippen molar-refractivity contribution in [2.24, 2.45) is 5.92 Å². The highest BCUT2D eigenvalue weighted by atomic mass is 35.5. The fourth-order valence-corrected chi connectivity index (χ4v) is 3.42. The molecule has 1 aliphatic rings. The van der Waals surface area contributed by atoms with Crippen molar-refractivity contribution < 1.29 is 0 Å². The summed E-state index contributed by atoms with van der Waals surface area (Å²) in [6, 6.07) is 6.24. The maximum atomic E-state index is 6.32. The molecule has 2 rings (SSSR count). The van der Waals surface area contributed by atoms with Crippen molar-refractivity contribution in [2.45, 2.75) is 45.8 Å². The molecule has 2 nitrogen and oxygen atoms in total. The summed E-state index contributed by atoms with van der Waals surface area (Å²) < 4.78 is 0. The number of rotatable bonds is 3. The molecule has 0 aromatic heterocycles. The van der Waals surface area contributed by atoms with Crippen molar-refractivity contribution >= 4 is 23.2 Å². The molecule has 1 aromatic rings. The second-order valence-corrected chi connectivity index (χ2v) is 7.50. The smallest absolute Gasteiger partial charge is 0.0465 e. The standard InChI is InChI=1S/C16H24Cl2N2/c1-11(2)15-8-19-16(3,4)10-20(15)9-12-13(17)6-5-7-14(12)18/h5-7,11,15,19H,8-10H2,1-4H3. The number of nitrogens with zero attached hydrogens (tertiary/aromatic N) is 1. The first-order chi connectivity index (χ1) is 9.30. The van der Waals surface area contributed by atoms with Crippen molar-refractivity contribution in [3.05, 3.63) is 33.8 Å². The molecule has 1 fully saturated rings. The lowest BCUT2D eigenvalue weighted by Crippen LogP contribution is -2.62. The maximum absolute atomic E-state index is 6.32. The van der Waals surface area contributed by atoms with E-state index in [4.69, 9.17) is 23.2 Å². The van der Waals surface area contributed by atoms with Crippen LogP contribution in [0.2, 0.25) is 10.0 Å². The van der Waals surface area contributed by atoms with E-state index in [0.29, 0.717) is 12.0 Å². The Bertz CT molecular complexity index is 451. The Balaban J connectivity index is 2.23. The average molecular weight is 315 g/mol. The van der Waals surface area contributed by atoms with Gasteiger partial charge in [-0.25, -0.2) is 0 Å². The van der Waals surface area contributed by atoms with E-state index >= 15 is 0 Å². The molecule has 4 heteroatoms. The van der Waals surface area contributed by atoms with Gasteiger partial charge in [-0.3, -0.25) is 4.90 Å². The normalized spacial score (nSPS) is 23.2. The number of halogens is 2. The van der Waals surface area contributed by atoms with Gasteiger partial charge in [0.2, 0.25) is 0 Å². The Labute approximate surface area is 132 Å². The van der Waals surface area contributed by atoms with Crippen LogP contribution >= 0.6 is 23.2 Å². The molecule has 0 saturated carbocycles. The third kappa shape index (κ3) is 3.67. The molecule has 1 unspecified atom stereocenters. The number of piperazine rings is 1. The summed E-state index contributed by atoms with van der Waals surface area (Å²) >= 11 is 12.6. The highest BCUT2D eigenvalue weighted by Crippen LogP contribution is 2.29. The van der Waals surface area contributed by atoms with Crippen molar-refractivity contribution in [3.63, 3.8) is 0 Å². The lowest BCUT2D eigenvalue weighted by atomic mass is 9.92. The highest BCUT2D eigenvalue weighted by molar-refractivity contribution is 6.35. The van der Waals surface area contributed by atoms with Crippen LogP contribution in [0, 0.1) is 5.92 Å². The van der Waals surface area contributed by atoms with Crippen molar-refractivity contribution in [1.82, 2.24) is 10.2 Å². The molecule has 1 aromatic carbocycles. The quantitative estimate of drug-likeness (QED) is 0.899. The molecular formula is C16H24Cl2N2. The fourth-order valence-electron chi connectivity index (χ4n) is 2.91. The molecule has 0 amide bonds. The minimum atomic E-state index is 0.124. The van der Waals surface area contributed by atoms with Crippen LogP contribution in [-0.4, -0.2) is 29.6 Å². The van der Waals surface area contributed by atoms with Crippen LogP contribution in [0.4, 0.5) is 0 Å². The van der Waals surface area contributed by atoms with Crippen LogP contribution in [0.1, 0.15) is 33.3 Å². The predicted molar refractivity (Wildman–Crippen MR) is 87.6 cm³/mol. The zero-order chi connectivity index (χ0) is 14.9. The van der Waals surface area contributed by atoms with Gasteiger partial charge in [-0.2, -0.15) is 0 Å². The summed E-state index contributed by atoms with van der Waals surface area (Å²) in [5.41, 5.74) is 1.17. The first kappa shape index (κ1) is 16.1. The van der Waals surface area contributed by atoms with Gasteiger partial charge in [-0.1, -0.05) is 43.1 Å². The molecule has 1 atom stereocenters. The van der Waals surface area contributed by atoms with Crippen molar-refractivity contribution in [3.8, 4) is 0 Å². The van der Waals surface area contributed by atoms with Gasteiger partial charge in [0.15, 0.2) is 0 Å². The van der Waals surface area contributed by atoms with Crippen LogP contribution in [0.15, 0.2) is 18.2 Å². The third-order valence-corrected chi connectivity index (χ3v) is 4.76. The van der Waals surface area contributed by atoms with Crippen molar-refractivity contribution in [2.75, 3.05) is 13.1 Å². The predicted octanol–water partition coefficient (Wildman–Crippen LogP) is 4.20. The SMILES string of the molecule is CC(C)C1CNC(C)(C)CN1Cc1c(Cl)cccc1Cl. The van der Waals surface area contributed by atoms with Crippen LogP contribution in [0.25, 0.3) is 0 Å². The molecule has 1 N–H and O–H groups in total. The van der Waals surface area contributed by atoms with Gasteiger partial charge < -0.3 is 5.32 Å². The second kappa shape index (κ2) is 6.23. The van der Waals surface area contributed by atoms with E-state index in [1.807, 2.05) is 18.2 Å². The third-order valence-electron chi connectivity index (χ3n) is 4.05. The molecule has 0 aliphatic carbocycles. The molecule has 0 radical (unpaired) electrons. The Hall–Kier alpha value is -0.280. The molecule has 1 saturated heterocycles. The largest absolute Gasteiger partial charge is 0.309 e. The molecule has 0 spiro atoms. The van der Waals surface area contributed by atoms with E-state index in [1.165, 1.54) is 0 Å². The monoisotopic (exact) mass is 314 g/mol. The zero-order valence-corrected chi connectivity index (χ0v) is 14.2. The topological polar surface area (TPSA) is 15.3 Å². The van der Waals surface area contributed by atoms with Gasteiger partial charge in [0.25, 0.3) is 0 Å². The summed E-state index contributed by atoms with van der Waals surface area (Å²) in [7, 11) is 0. The van der Waals surface area contributed by atoms with E-state index in [1.54, 1.807) is 0 Å². The van der Waals surface area contributed by atoms with E-state index in [0.717, 1.165) is 35.2 Å². The first-order valence-corrected chi connectivity index (χ1v) is 7.98. The van der Waals surface area contributed by atoms with Crippen molar-refractivity contribution in [1.29, 1.82) is 0 Å². The van der Waals surface area contributed by atoms with Gasteiger partial charge in [0.1, 0.15) is 0 Å². The van der Waals surface area contributed by atoms with Crippen LogP contribution in [-0.2, 0) is 6.54 Å². The van der Waals surface area contributed by atoms with E-state index in [2.05, 4.69) is 37.9 Å². The number of nitrogens with one attached hydrogen (secondary N) is 1. The van der Waals surface area contributed by atoms with Gasteiger partial charge in [0, 0.05) is 46.8 Å². The minimum absolute atomic E-state index is 0.124. The highest BCUT2D eigenvalue weighted by Gasteiger charge is 2.34. The van der Waals surface area contributed by atoms with Gasteiger partial charge in [0.05, 0.1) is 0 Å². The molecular weight excluding hydrogens is 291 g/mol. The lowest BCUT2D eigenvalue weighted by molar-refractivity contribution is 0.0628. The molecule has 1 heterocycles. The summed E-state index contributed by atoms with van der Waals surface area (Å²) in [5, 5.41) is 5.15. The first-order valence-electron chi connectivity index (χ1n) is 7.22. The number of hydrogen-bond acceptors (Lipinski definition) is 2. The van der Waals surface area contributed by atoms with Crippen LogP contribution < -0.4 is 5.32 Å². The molecule has 0 bridgehead atoms. The zero-order valence-electron chi connectivity index (χ0n) is 12.7. The number of hydrogen-bond donors (Lipinski definition) is 1. The van der Waals surface area contributed by atoms with Gasteiger partial charge >= 0.3 is 0 Å². The minimum Gasteiger partial charge on any atom is -0.309 e. The average Bonchev–Trinajstić information content (AvgIpc) is 2.32. The molecule has 112 valence electrons. The van der Waals surface area contributed by atoms with Gasteiger partial charge in [-0.15, -0.1) is 0 Å². The Morgan fingerprint density at radius 1 is 1.30 bits per heavy atom. The van der Waals surface area contributed by atoms with Crippen LogP contribution in [0.5, 0.6) is 0 Å². The van der Waals surface area contributed by atoms with Gasteiger partial charge in [-0.05, 0) is 31.9 Å². The summed E-state index contributed by atoms with van der Waals surface area (Å²) in [4.78, 5) is 2.51. The van der Waals surface area contributed by atoms with E-state index in [-0.39, 0.29) is 5.54 Å². The van der Waals surface area contributed by atoms with Crippen LogP contribution in [0.3, 0.4) is 0 Å². The van der Waals surface area contributed by atoms with E-state index in [9.17, 15) is 0 Å². The van der Waals surface area contributed by atoms with E-state index < -0.39 is 0 Å². The summed E-state index contributed by atoms with van der Waals surface area (Å²) in [5.74, 6) is 0.597. The summed E-state index contributed by atoms with van der Waals surface area (Å²) in [6.45, 7) is 11.8. The summed E-state index contributed by atoms with van der Waals surface area (Å²) in [6.07, 6.45) is 0. The molecule has 20 heavy (non-hydrogen) atoms. The number of benzene rings is 1. The second-order valence-electron chi connectivity index (χ2n) is 6.68. The Morgan fingerprint density at radius 2 is 1.90 bits per heavy atom. The maximum Gasteiger partial charge on any atom is 0.0465 e. The lowest BCUT2D eigenvalue weighted by Gasteiger charge is -2.46. The Kier molecular flexibility index (Phi) is 5.01. The Morgan fingerprint density at radius 3 is 2.45 bits per heavy atom. The molecule has 1 aliphatic heterocycles. The fraction of sp³-hybridized carbons (Fsp3) is 0.625.